The second-order valence-electron chi connectivity index (χ2n) is 8.33. The van der Waals surface area contributed by atoms with Crippen molar-refractivity contribution in [2.24, 2.45) is 12.8 Å². The molecule has 3 aromatic heterocycles. The third-order valence-electron chi connectivity index (χ3n) is 6.15. The Balaban J connectivity index is 1.75. The maximum Gasteiger partial charge on any atom is 0.289 e. The number of carbonyl (C=O) groups excluding carboxylic acids is 1. The van der Waals surface area contributed by atoms with Gasteiger partial charge in [-0.2, -0.15) is 9.97 Å². The van der Waals surface area contributed by atoms with E-state index in [1.54, 1.807) is 16.5 Å². The Morgan fingerprint density at radius 1 is 1.15 bits per heavy atom. The number of para-hydroxylation sites is 2. The first kappa shape index (κ1) is 22.2. The van der Waals surface area contributed by atoms with Gasteiger partial charge in [-0.1, -0.05) is 19.1 Å². The van der Waals surface area contributed by atoms with Gasteiger partial charge in [0.25, 0.3) is 5.91 Å². The van der Waals surface area contributed by atoms with Crippen molar-refractivity contribution in [3.63, 3.8) is 0 Å². The fourth-order valence-electron chi connectivity index (χ4n) is 4.32. The van der Waals surface area contributed by atoms with Crippen LogP contribution in [0.1, 0.15) is 23.4 Å². The quantitative estimate of drug-likeness (QED) is 0.452. The number of aryl methyl sites for hydroxylation is 2. The van der Waals surface area contributed by atoms with Gasteiger partial charge in [-0.3, -0.25) is 9.36 Å². The molecule has 0 aliphatic carbocycles. The Kier molecular flexibility index (Phi) is 5.88. The molecule has 0 bridgehead atoms. The van der Waals surface area contributed by atoms with Gasteiger partial charge in [0.2, 0.25) is 11.8 Å². The molecule has 11 nitrogen and oxygen atoms in total. The Hall–Kier alpha value is -3.57. The SMILES string of the molecule is CCc1nc2ccccc2n1-c1nc(N2CCOCC2)c2nc(C(=O)N(C)CCN)n(C)c2n1. The summed E-state index contributed by atoms with van der Waals surface area (Å²) in [6.07, 6.45) is 0.724. The Bertz CT molecular complexity index is 1350. The van der Waals surface area contributed by atoms with Gasteiger partial charge in [0.15, 0.2) is 17.0 Å². The van der Waals surface area contributed by atoms with Crippen molar-refractivity contribution >= 4 is 33.9 Å². The van der Waals surface area contributed by atoms with E-state index in [2.05, 4.69) is 11.8 Å². The van der Waals surface area contributed by atoms with Crippen LogP contribution in [0.25, 0.3) is 28.1 Å². The molecule has 0 spiro atoms. The minimum atomic E-state index is -0.206. The van der Waals surface area contributed by atoms with E-state index >= 15 is 0 Å². The fourth-order valence-corrected chi connectivity index (χ4v) is 4.32. The lowest BCUT2D eigenvalue weighted by atomic mass is 10.3. The van der Waals surface area contributed by atoms with Crippen LogP contribution in [-0.4, -0.2) is 86.3 Å². The summed E-state index contributed by atoms with van der Waals surface area (Å²) >= 11 is 0. The number of hydrogen-bond acceptors (Lipinski definition) is 8. The molecule has 1 fully saturated rings. The van der Waals surface area contributed by atoms with Crippen molar-refractivity contribution in [2.45, 2.75) is 13.3 Å². The highest BCUT2D eigenvalue weighted by Gasteiger charge is 2.27. The van der Waals surface area contributed by atoms with E-state index in [4.69, 9.17) is 30.4 Å². The maximum atomic E-state index is 13.1. The number of imidazole rings is 2. The molecular formula is C23H29N9O2. The first-order valence-electron chi connectivity index (χ1n) is 11.5. The van der Waals surface area contributed by atoms with Crippen molar-refractivity contribution in [3.05, 3.63) is 35.9 Å². The number of ether oxygens (including phenoxy) is 1. The zero-order valence-corrected chi connectivity index (χ0v) is 19.7. The predicted molar refractivity (Wildman–Crippen MR) is 129 cm³/mol. The second-order valence-corrected chi connectivity index (χ2v) is 8.33. The topological polar surface area (TPSA) is 120 Å². The first-order chi connectivity index (χ1) is 16.5. The van der Waals surface area contributed by atoms with Gasteiger partial charge in [-0.25, -0.2) is 9.97 Å². The number of aromatic nitrogens is 6. The zero-order chi connectivity index (χ0) is 23.8. The predicted octanol–water partition coefficient (Wildman–Crippen LogP) is 1.13. The number of fused-ring (bicyclic) bond motifs is 2. The molecule has 5 rings (SSSR count). The third-order valence-corrected chi connectivity index (χ3v) is 6.15. The lowest BCUT2D eigenvalue weighted by Gasteiger charge is -2.28. The summed E-state index contributed by atoms with van der Waals surface area (Å²) in [4.78, 5) is 36.2. The van der Waals surface area contributed by atoms with Crippen LogP contribution in [0.2, 0.25) is 0 Å². The van der Waals surface area contributed by atoms with Crippen LogP contribution in [0.15, 0.2) is 24.3 Å². The molecule has 4 aromatic rings. The number of nitrogens with zero attached hydrogens (tertiary/aromatic N) is 8. The summed E-state index contributed by atoms with van der Waals surface area (Å²) in [5.41, 5.74) is 8.67. The van der Waals surface area contributed by atoms with Crippen molar-refractivity contribution in [1.29, 1.82) is 0 Å². The number of carbonyl (C=O) groups is 1. The zero-order valence-electron chi connectivity index (χ0n) is 19.7. The van der Waals surface area contributed by atoms with E-state index in [0.29, 0.717) is 68.1 Å². The van der Waals surface area contributed by atoms with E-state index < -0.39 is 0 Å². The summed E-state index contributed by atoms with van der Waals surface area (Å²) in [5, 5.41) is 0. The number of morpholine rings is 1. The second kappa shape index (κ2) is 8.99. The van der Waals surface area contributed by atoms with E-state index in [9.17, 15) is 4.79 Å². The average Bonchev–Trinajstić information content (AvgIpc) is 3.41. The number of hydrogen-bond donors (Lipinski definition) is 1. The van der Waals surface area contributed by atoms with Gasteiger partial charge < -0.3 is 24.8 Å². The molecule has 0 saturated carbocycles. The molecule has 2 N–H and O–H groups in total. The van der Waals surface area contributed by atoms with Crippen molar-refractivity contribution in [2.75, 3.05) is 51.3 Å². The van der Waals surface area contributed by atoms with Crippen molar-refractivity contribution in [1.82, 2.24) is 34.0 Å². The van der Waals surface area contributed by atoms with Crippen LogP contribution >= 0.6 is 0 Å². The third kappa shape index (κ3) is 3.66. The molecule has 178 valence electrons. The molecule has 1 amide bonds. The summed E-state index contributed by atoms with van der Waals surface area (Å²) in [7, 11) is 3.53. The number of anilines is 1. The number of amides is 1. The summed E-state index contributed by atoms with van der Waals surface area (Å²) in [5.74, 6) is 2.17. The molecular weight excluding hydrogens is 434 g/mol. The van der Waals surface area contributed by atoms with Crippen LogP contribution in [0, 0.1) is 0 Å². The number of rotatable bonds is 6. The summed E-state index contributed by atoms with van der Waals surface area (Å²) in [6, 6.07) is 7.96. The smallest absolute Gasteiger partial charge is 0.289 e. The maximum absolute atomic E-state index is 13.1. The molecule has 1 aliphatic heterocycles. The molecule has 1 aliphatic rings. The standard InChI is InChI=1S/C23H29N9O2/c1-4-17-25-15-7-5-6-8-16(15)32(17)23-27-19-18(20(28-23)31-11-13-34-14-12-31)26-21(30(19)3)22(33)29(2)10-9-24/h5-8H,4,9-14,24H2,1-3H3. The molecule has 0 radical (unpaired) electrons. The van der Waals surface area contributed by atoms with Crippen LogP contribution in [0.5, 0.6) is 0 Å². The van der Waals surface area contributed by atoms with Crippen molar-refractivity contribution < 1.29 is 9.53 Å². The number of benzene rings is 1. The average molecular weight is 464 g/mol. The summed E-state index contributed by atoms with van der Waals surface area (Å²) in [6.45, 7) is 5.46. The van der Waals surface area contributed by atoms with E-state index in [-0.39, 0.29) is 5.91 Å². The molecule has 4 heterocycles. The number of likely N-dealkylation sites (N-methyl/N-ethyl adjacent to an activating group) is 1. The number of nitrogens with two attached hydrogens (primary N) is 1. The Morgan fingerprint density at radius 2 is 1.91 bits per heavy atom. The molecule has 11 heteroatoms. The molecule has 1 saturated heterocycles. The summed E-state index contributed by atoms with van der Waals surface area (Å²) < 4.78 is 9.29. The van der Waals surface area contributed by atoms with E-state index in [1.165, 1.54) is 0 Å². The highest BCUT2D eigenvalue weighted by Crippen LogP contribution is 2.28. The lowest BCUT2D eigenvalue weighted by Crippen LogP contribution is -2.37. The molecule has 0 atom stereocenters. The van der Waals surface area contributed by atoms with Gasteiger partial charge >= 0.3 is 0 Å². The minimum Gasteiger partial charge on any atom is -0.378 e. The van der Waals surface area contributed by atoms with Crippen molar-refractivity contribution in [3.8, 4) is 5.95 Å². The van der Waals surface area contributed by atoms with Crippen LogP contribution in [0.3, 0.4) is 0 Å². The molecule has 0 unspecified atom stereocenters. The van der Waals surface area contributed by atoms with Gasteiger partial charge in [0.1, 0.15) is 5.82 Å². The fraction of sp³-hybridized carbons (Fsp3) is 0.435. The highest BCUT2D eigenvalue weighted by molar-refractivity contribution is 5.96. The van der Waals surface area contributed by atoms with E-state index in [0.717, 1.165) is 23.3 Å². The molecule has 34 heavy (non-hydrogen) atoms. The van der Waals surface area contributed by atoms with Gasteiger partial charge in [-0.05, 0) is 12.1 Å². The highest BCUT2D eigenvalue weighted by atomic mass is 16.5. The van der Waals surface area contributed by atoms with Gasteiger partial charge in [0, 0.05) is 46.7 Å². The van der Waals surface area contributed by atoms with Gasteiger partial charge in [-0.15, -0.1) is 0 Å². The largest absolute Gasteiger partial charge is 0.378 e. The van der Waals surface area contributed by atoms with E-state index in [1.807, 2.05) is 35.9 Å². The van der Waals surface area contributed by atoms with Crippen LogP contribution in [-0.2, 0) is 18.2 Å². The molecule has 1 aromatic carbocycles. The first-order valence-corrected chi connectivity index (χ1v) is 11.5. The van der Waals surface area contributed by atoms with Crippen LogP contribution < -0.4 is 10.6 Å². The van der Waals surface area contributed by atoms with Gasteiger partial charge in [0.05, 0.1) is 24.2 Å². The Morgan fingerprint density at radius 3 is 2.65 bits per heavy atom. The lowest BCUT2D eigenvalue weighted by molar-refractivity contribution is 0.0784. The van der Waals surface area contributed by atoms with Crippen LogP contribution in [0.4, 0.5) is 5.82 Å². The monoisotopic (exact) mass is 463 g/mol. The Labute approximate surface area is 197 Å². The normalized spacial score (nSPS) is 14.3. The minimum absolute atomic E-state index is 0.206.